The largest absolute Gasteiger partial charge is 0.502 e. The van der Waals surface area contributed by atoms with Gasteiger partial charge in [-0.05, 0) is 42.0 Å². The van der Waals surface area contributed by atoms with Gasteiger partial charge in [0.05, 0.1) is 6.61 Å². The number of alkyl halides is 2. The van der Waals surface area contributed by atoms with Crippen molar-refractivity contribution < 1.29 is 23.0 Å². The van der Waals surface area contributed by atoms with Crippen LogP contribution in [0.4, 0.5) is 8.78 Å². The highest BCUT2D eigenvalue weighted by atomic mass is 79.9. The third-order valence-electron chi connectivity index (χ3n) is 2.53. The Balaban J connectivity index is 2.25. The monoisotopic (exact) mass is 344 g/mol. The van der Waals surface area contributed by atoms with E-state index in [9.17, 15) is 13.6 Å². The molecule has 0 heterocycles. The van der Waals surface area contributed by atoms with Gasteiger partial charge in [0, 0.05) is 4.47 Å². The van der Waals surface area contributed by atoms with Crippen LogP contribution >= 0.6 is 15.9 Å². The number of ether oxygens (including phenoxy) is 2. The molecule has 0 aromatic heterocycles. The molecule has 0 aliphatic rings. The molecular weight excluding hydrogens is 334 g/mol. The maximum absolute atomic E-state index is 13.4. The highest BCUT2D eigenvalue weighted by Crippen LogP contribution is 2.28. The predicted molar refractivity (Wildman–Crippen MR) is 73.9 cm³/mol. The number of halogens is 3. The van der Waals surface area contributed by atoms with E-state index in [0.29, 0.717) is 0 Å². The van der Waals surface area contributed by atoms with Crippen LogP contribution in [0.1, 0.15) is 6.92 Å². The number of carbonyl (C=O) groups excluding carboxylic acids is 1. The van der Waals surface area contributed by atoms with Crippen molar-refractivity contribution >= 4 is 32.7 Å². The Hall–Kier alpha value is -1.69. The van der Waals surface area contributed by atoms with Crippen molar-refractivity contribution in [3.8, 4) is 5.75 Å². The quantitative estimate of drug-likeness (QED) is 0.782. The summed E-state index contributed by atoms with van der Waals surface area (Å²) in [6.07, 6.45) is -4.00. The Morgan fingerprint density at radius 3 is 2.55 bits per heavy atom. The molecule has 0 unspecified atom stereocenters. The molecule has 0 atom stereocenters. The Morgan fingerprint density at radius 2 is 1.85 bits per heavy atom. The Morgan fingerprint density at radius 1 is 1.20 bits per heavy atom. The zero-order valence-electron chi connectivity index (χ0n) is 10.5. The van der Waals surface area contributed by atoms with Crippen LogP contribution < -0.4 is 4.74 Å². The van der Waals surface area contributed by atoms with Crippen LogP contribution in [-0.2, 0) is 9.53 Å². The van der Waals surface area contributed by atoms with Crippen molar-refractivity contribution in [3.05, 3.63) is 40.9 Å². The van der Waals surface area contributed by atoms with Crippen molar-refractivity contribution in [3.63, 3.8) is 0 Å². The fraction of sp³-hybridized carbons (Fsp3) is 0.214. The van der Waals surface area contributed by atoms with E-state index in [4.69, 9.17) is 0 Å². The molecule has 0 fully saturated rings. The number of benzene rings is 2. The minimum atomic E-state index is -4.00. The molecule has 0 N–H and O–H groups in total. The number of rotatable bonds is 4. The average Bonchev–Trinajstić information content (AvgIpc) is 2.39. The summed E-state index contributed by atoms with van der Waals surface area (Å²) in [4.78, 5) is 11.1. The summed E-state index contributed by atoms with van der Waals surface area (Å²) in [5.74, 6) is -1.80. The highest BCUT2D eigenvalue weighted by Gasteiger charge is 2.44. The standard InChI is InChI=1S/C14H11BrF2O3/c1-2-19-13(18)14(16,17)20-12-6-4-9-7-11(15)5-3-10(9)8-12/h3-8H,2H2,1H3. The summed E-state index contributed by atoms with van der Waals surface area (Å²) in [6.45, 7) is 1.31. The molecule has 0 bridgehead atoms. The Kier molecular flexibility index (Phi) is 4.23. The van der Waals surface area contributed by atoms with E-state index >= 15 is 0 Å². The van der Waals surface area contributed by atoms with Gasteiger partial charge in [-0.2, -0.15) is 8.78 Å². The van der Waals surface area contributed by atoms with Crippen molar-refractivity contribution in [2.45, 2.75) is 13.0 Å². The Labute approximate surface area is 122 Å². The number of esters is 1. The zero-order chi connectivity index (χ0) is 14.8. The summed E-state index contributed by atoms with van der Waals surface area (Å²) in [7, 11) is 0. The summed E-state index contributed by atoms with van der Waals surface area (Å²) in [5, 5.41) is 1.59. The second-order valence-electron chi connectivity index (χ2n) is 3.99. The lowest BCUT2D eigenvalue weighted by molar-refractivity contribution is -0.216. The van der Waals surface area contributed by atoms with Crippen molar-refractivity contribution in [1.29, 1.82) is 0 Å². The molecule has 20 heavy (non-hydrogen) atoms. The zero-order valence-corrected chi connectivity index (χ0v) is 12.1. The predicted octanol–water partition coefficient (Wildman–Crippen LogP) is 4.14. The summed E-state index contributed by atoms with van der Waals surface area (Å²) in [6, 6.07) is 9.85. The second kappa shape index (κ2) is 5.75. The third kappa shape index (κ3) is 3.25. The van der Waals surface area contributed by atoms with Crippen LogP contribution in [0, 0.1) is 0 Å². The molecule has 2 aromatic carbocycles. The van der Waals surface area contributed by atoms with E-state index in [1.165, 1.54) is 19.1 Å². The summed E-state index contributed by atoms with van der Waals surface area (Å²) < 4.78 is 36.5. The minimum absolute atomic E-state index is 0.0992. The maximum atomic E-state index is 13.4. The van der Waals surface area contributed by atoms with Gasteiger partial charge in [0.15, 0.2) is 0 Å². The fourth-order valence-electron chi connectivity index (χ4n) is 1.66. The van der Waals surface area contributed by atoms with Gasteiger partial charge in [0.25, 0.3) is 0 Å². The lowest BCUT2D eigenvalue weighted by Crippen LogP contribution is -2.36. The van der Waals surface area contributed by atoms with E-state index in [-0.39, 0.29) is 12.4 Å². The van der Waals surface area contributed by atoms with Crippen molar-refractivity contribution in [2.75, 3.05) is 6.61 Å². The molecular formula is C14H11BrF2O3. The van der Waals surface area contributed by atoms with Gasteiger partial charge in [-0.15, -0.1) is 0 Å². The minimum Gasteiger partial charge on any atom is -0.459 e. The van der Waals surface area contributed by atoms with Crippen LogP contribution in [0.2, 0.25) is 0 Å². The highest BCUT2D eigenvalue weighted by molar-refractivity contribution is 9.10. The fourth-order valence-corrected chi connectivity index (χ4v) is 2.04. The molecule has 0 saturated heterocycles. The molecule has 6 heteroatoms. The first-order valence-corrected chi connectivity index (χ1v) is 6.65. The molecule has 106 valence electrons. The van der Waals surface area contributed by atoms with Gasteiger partial charge in [-0.1, -0.05) is 28.1 Å². The van der Waals surface area contributed by atoms with Crippen molar-refractivity contribution in [1.82, 2.24) is 0 Å². The summed E-state index contributed by atoms with van der Waals surface area (Å²) in [5.41, 5.74) is 0. The van der Waals surface area contributed by atoms with E-state index in [1.54, 1.807) is 18.2 Å². The number of hydrogen-bond donors (Lipinski definition) is 0. The molecule has 0 spiro atoms. The lowest BCUT2D eigenvalue weighted by atomic mass is 10.1. The number of hydrogen-bond acceptors (Lipinski definition) is 3. The molecule has 0 radical (unpaired) electrons. The number of fused-ring (bicyclic) bond motifs is 1. The molecule has 3 nitrogen and oxygen atoms in total. The molecule has 0 saturated carbocycles. The van der Waals surface area contributed by atoms with E-state index in [1.807, 2.05) is 6.07 Å². The van der Waals surface area contributed by atoms with E-state index < -0.39 is 12.1 Å². The number of carbonyl (C=O) groups is 1. The summed E-state index contributed by atoms with van der Waals surface area (Å²) >= 11 is 3.32. The van der Waals surface area contributed by atoms with E-state index in [2.05, 4.69) is 25.4 Å². The molecule has 0 aliphatic heterocycles. The molecule has 0 amide bonds. The van der Waals surface area contributed by atoms with Gasteiger partial charge in [-0.25, -0.2) is 4.79 Å². The van der Waals surface area contributed by atoms with Crippen LogP contribution in [0.25, 0.3) is 10.8 Å². The third-order valence-corrected chi connectivity index (χ3v) is 3.03. The van der Waals surface area contributed by atoms with Crippen LogP contribution in [0.15, 0.2) is 40.9 Å². The first-order valence-electron chi connectivity index (χ1n) is 5.86. The van der Waals surface area contributed by atoms with Gasteiger partial charge < -0.3 is 9.47 Å². The van der Waals surface area contributed by atoms with E-state index in [0.717, 1.165) is 15.2 Å². The lowest BCUT2D eigenvalue weighted by Gasteiger charge is -2.16. The first kappa shape index (κ1) is 14.7. The first-order chi connectivity index (χ1) is 9.42. The molecule has 0 aliphatic carbocycles. The normalized spacial score (nSPS) is 11.4. The topological polar surface area (TPSA) is 35.5 Å². The molecule has 2 aromatic rings. The van der Waals surface area contributed by atoms with Gasteiger partial charge in [0.1, 0.15) is 5.75 Å². The van der Waals surface area contributed by atoms with Crippen LogP contribution in [0.3, 0.4) is 0 Å². The van der Waals surface area contributed by atoms with Crippen molar-refractivity contribution in [2.24, 2.45) is 0 Å². The smallest absolute Gasteiger partial charge is 0.459 e. The molecule has 2 rings (SSSR count). The second-order valence-corrected chi connectivity index (χ2v) is 4.91. The van der Waals surface area contributed by atoms with Crippen LogP contribution in [0.5, 0.6) is 5.75 Å². The Bertz CT molecular complexity index is 643. The maximum Gasteiger partial charge on any atom is 0.502 e. The van der Waals surface area contributed by atoms with Gasteiger partial charge in [-0.3, -0.25) is 0 Å². The van der Waals surface area contributed by atoms with Crippen LogP contribution in [-0.4, -0.2) is 18.7 Å². The van der Waals surface area contributed by atoms with Gasteiger partial charge >= 0.3 is 12.1 Å². The SMILES string of the molecule is CCOC(=O)C(F)(F)Oc1ccc2cc(Br)ccc2c1. The average molecular weight is 345 g/mol. The van der Waals surface area contributed by atoms with Gasteiger partial charge in [0.2, 0.25) is 0 Å².